The molecule has 150 valence electrons. The van der Waals surface area contributed by atoms with Gasteiger partial charge in [-0.25, -0.2) is 4.98 Å². The summed E-state index contributed by atoms with van der Waals surface area (Å²) < 4.78 is 1.32. The summed E-state index contributed by atoms with van der Waals surface area (Å²) in [5.41, 5.74) is 1.23. The van der Waals surface area contributed by atoms with Crippen LogP contribution in [0.3, 0.4) is 0 Å². The Morgan fingerprint density at radius 3 is 2.79 bits per heavy atom. The zero-order valence-electron chi connectivity index (χ0n) is 15.7. The van der Waals surface area contributed by atoms with Crippen LogP contribution in [0.1, 0.15) is 32.1 Å². The molecule has 0 unspecified atom stereocenters. The first kappa shape index (κ1) is 19.4. The van der Waals surface area contributed by atoms with Crippen molar-refractivity contribution in [2.24, 2.45) is 0 Å². The van der Waals surface area contributed by atoms with Crippen LogP contribution < -0.4 is 15.8 Å². The van der Waals surface area contributed by atoms with Crippen LogP contribution in [0.2, 0.25) is 5.02 Å². The van der Waals surface area contributed by atoms with E-state index < -0.39 is 6.10 Å². The minimum absolute atomic E-state index is 0.0574. The van der Waals surface area contributed by atoms with Crippen LogP contribution in [0.5, 0.6) is 0 Å². The number of aromatic nitrogens is 2. The van der Waals surface area contributed by atoms with Gasteiger partial charge in [-0.2, -0.15) is 0 Å². The van der Waals surface area contributed by atoms with Gasteiger partial charge in [0.15, 0.2) is 5.78 Å². The number of hydrogen-bond acceptors (Lipinski definition) is 6. The maximum atomic E-state index is 12.8. The minimum Gasteiger partial charge on any atom is -0.391 e. The molecule has 2 fully saturated rings. The molecule has 2 aliphatic rings. The molecule has 0 radical (unpaired) electrons. The number of piperidine rings is 1. The third-order valence-corrected chi connectivity index (χ3v) is 6.00. The number of aliphatic hydroxyl groups excluding tert-OH is 1. The van der Waals surface area contributed by atoms with Crippen molar-refractivity contribution in [3.63, 3.8) is 0 Å². The molecule has 1 aromatic carbocycles. The molecule has 2 N–H and O–H groups in total. The summed E-state index contributed by atoms with van der Waals surface area (Å²) in [6.45, 7) is 2.56. The fourth-order valence-corrected chi connectivity index (χ4v) is 4.40. The predicted molar refractivity (Wildman–Crippen MR) is 109 cm³/mol. The van der Waals surface area contributed by atoms with Crippen LogP contribution in [0.15, 0.2) is 23.3 Å². The maximum Gasteiger partial charge on any atom is 0.261 e. The highest BCUT2D eigenvalue weighted by molar-refractivity contribution is 6.34. The Morgan fingerprint density at radius 1 is 1.29 bits per heavy atom. The molecule has 2 atom stereocenters. The minimum atomic E-state index is -0.512. The van der Waals surface area contributed by atoms with E-state index in [0.717, 1.165) is 31.6 Å². The second-order valence-electron chi connectivity index (χ2n) is 7.71. The average molecular weight is 405 g/mol. The maximum absolute atomic E-state index is 12.8. The lowest BCUT2D eigenvalue weighted by atomic mass is 10.1. The highest BCUT2D eigenvalue weighted by Gasteiger charge is 2.27. The summed E-state index contributed by atoms with van der Waals surface area (Å²) in [6, 6.07) is 3.30. The molecule has 8 heteroatoms. The number of benzene rings is 1. The number of carbonyl (C=O) groups excluding carboxylic acids is 1. The summed E-state index contributed by atoms with van der Waals surface area (Å²) in [5.74, 6) is -0.113. The average Bonchev–Trinajstić information content (AvgIpc) is 3.09. The molecule has 0 spiro atoms. The Balaban J connectivity index is 1.56. The Bertz CT molecular complexity index is 939. The second kappa shape index (κ2) is 8.19. The number of anilines is 1. The largest absolute Gasteiger partial charge is 0.391 e. The number of carbonyl (C=O) groups is 1. The Kier molecular flexibility index (Phi) is 5.66. The molecule has 0 saturated carbocycles. The van der Waals surface area contributed by atoms with E-state index in [9.17, 15) is 14.7 Å². The zero-order chi connectivity index (χ0) is 19.7. The highest BCUT2D eigenvalue weighted by Crippen LogP contribution is 2.31. The summed E-state index contributed by atoms with van der Waals surface area (Å²) in [5, 5.41) is 13.9. The number of nitrogens with zero attached hydrogens (tertiary/aromatic N) is 3. The van der Waals surface area contributed by atoms with Crippen molar-refractivity contribution in [2.45, 2.75) is 50.8 Å². The third kappa shape index (κ3) is 3.92. The second-order valence-corrected chi connectivity index (χ2v) is 8.11. The van der Waals surface area contributed by atoms with Crippen LogP contribution in [0.4, 0.5) is 5.69 Å². The van der Waals surface area contributed by atoms with Crippen molar-refractivity contribution in [1.29, 1.82) is 0 Å². The first-order valence-corrected chi connectivity index (χ1v) is 10.3. The molecule has 2 aliphatic heterocycles. The van der Waals surface area contributed by atoms with E-state index in [1.807, 2.05) is 6.07 Å². The quantitative estimate of drug-likeness (QED) is 0.789. The van der Waals surface area contributed by atoms with Gasteiger partial charge in [0.1, 0.15) is 0 Å². The molecule has 28 heavy (non-hydrogen) atoms. The molecule has 1 aromatic heterocycles. The monoisotopic (exact) mass is 404 g/mol. The van der Waals surface area contributed by atoms with Gasteiger partial charge in [-0.05, 0) is 44.4 Å². The number of rotatable bonds is 5. The molecule has 0 aliphatic carbocycles. The van der Waals surface area contributed by atoms with Gasteiger partial charge >= 0.3 is 0 Å². The molecule has 2 saturated heterocycles. The van der Waals surface area contributed by atoms with Gasteiger partial charge in [-0.3, -0.25) is 14.2 Å². The van der Waals surface area contributed by atoms with Crippen molar-refractivity contribution in [3.05, 3.63) is 33.8 Å². The molecule has 4 rings (SSSR count). The highest BCUT2D eigenvalue weighted by atomic mass is 35.5. The van der Waals surface area contributed by atoms with E-state index in [4.69, 9.17) is 11.6 Å². The van der Waals surface area contributed by atoms with Crippen LogP contribution in [0.25, 0.3) is 10.9 Å². The van der Waals surface area contributed by atoms with E-state index in [1.54, 1.807) is 6.07 Å². The summed E-state index contributed by atoms with van der Waals surface area (Å²) in [4.78, 5) is 31.8. The fraction of sp³-hybridized carbons (Fsp3) is 0.550. The first-order valence-electron chi connectivity index (χ1n) is 9.90. The van der Waals surface area contributed by atoms with Crippen LogP contribution in [0, 0.1) is 0 Å². The Morgan fingerprint density at radius 2 is 2.07 bits per heavy atom. The van der Waals surface area contributed by atoms with Gasteiger partial charge < -0.3 is 15.3 Å². The standard InChI is InChI=1S/C20H25ClN4O3/c21-15-9-14-16(10-18(15)24-6-2-1-3-7-24)23-12-25(20(14)28)11-13(26)8-17-19(27)4-5-22-17/h9-10,12,17,19,22,27H,1-8,11H2/t17-,19+/m0/s1. The molecule has 0 amide bonds. The number of nitrogens with one attached hydrogen (secondary N) is 1. The molecule has 7 nitrogen and oxygen atoms in total. The van der Waals surface area contributed by atoms with Gasteiger partial charge in [0.05, 0.1) is 40.6 Å². The number of ketones is 1. The van der Waals surface area contributed by atoms with E-state index in [1.165, 1.54) is 17.3 Å². The first-order chi connectivity index (χ1) is 13.5. The summed E-state index contributed by atoms with van der Waals surface area (Å²) in [6.07, 6.45) is 5.25. The van der Waals surface area contributed by atoms with Crippen LogP contribution in [-0.4, -0.2) is 52.2 Å². The van der Waals surface area contributed by atoms with Gasteiger partial charge in [0.25, 0.3) is 5.56 Å². The lowest BCUT2D eigenvalue weighted by Crippen LogP contribution is -2.34. The molecule has 0 bridgehead atoms. The van der Waals surface area contributed by atoms with Gasteiger partial charge in [0, 0.05) is 25.6 Å². The van der Waals surface area contributed by atoms with Gasteiger partial charge in [-0.1, -0.05) is 11.6 Å². The van der Waals surface area contributed by atoms with E-state index in [-0.39, 0.29) is 30.3 Å². The normalized spacial score (nSPS) is 22.7. The van der Waals surface area contributed by atoms with Gasteiger partial charge in [-0.15, -0.1) is 0 Å². The topological polar surface area (TPSA) is 87.5 Å². The smallest absolute Gasteiger partial charge is 0.261 e. The third-order valence-electron chi connectivity index (χ3n) is 5.69. The summed E-state index contributed by atoms with van der Waals surface area (Å²) in [7, 11) is 0. The number of aliphatic hydroxyl groups is 1. The number of hydrogen-bond donors (Lipinski definition) is 2. The Hall–Kier alpha value is -1.96. The van der Waals surface area contributed by atoms with Crippen LogP contribution in [-0.2, 0) is 11.3 Å². The summed E-state index contributed by atoms with van der Waals surface area (Å²) >= 11 is 6.48. The van der Waals surface area contributed by atoms with Crippen molar-refractivity contribution in [1.82, 2.24) is 14.9 Å². The zero-order valence-corrected chi connectivity index (χ0v) is 16.5. The number of fused-ring (bicyclic) bond motifs is 1. The predicted octanol–water partition coefficient (Wildman–Crippen LogP) is 1.72. The number of halogens is 1. The lowest BCUT2D eigenvalue weighted by molar-refractivity contribution is -0.120. The van der Waals surface area contributed by atoms with E-state index >= 15 is 0 Å². The molecule has 3 heterocycles. The van der Waals surface area contributed by atoms with Gasteiger partial charge in [0.2, 0.25) is 0 Å². The van der Waals surface area contributed by atoms with Crippen molar-refractivity contribution in [2.75, 3.05) is 24.5 Å². The van der Waals surface area contributed by atoms with Crippen molar-refractivity contribution >= 4 is 34.0 Å². The lowest BCUT2D eigenvalue weighted by Gasteiger charge is -2.29. The Labute approximate surface area is 168 Å². The fourth-order valence-electron chi connectivity index (χ4n) is 4.12. The SMILES string of the molecule is O=C(C[C@@H]1NCC[C@H]1O)Cn1cnc2cc(N3CCCCC3)c(Cl)cc2c1=O. The molecular weight excluding hydrogens is 380 g/mol. The number of Topliss-reactive ketones (excluding diaryl/α,β-unsaturated/α-hetero) is 1. The van der Waals surface area contributed by atoms with Crippen molar-refractivity contribution < 1.29 is 9.90 Å². The molecular formula is C20H25ClN4O3. The van der Waals surface area contributed by atoms with Crippen LogP contribution >= 0.6 is 11.6 Å². The molecule has 2 aromatic rings. The van der Waals surface area contributed by atoms with E-state index in [0.29, 0.717) is 28.9 Å². The van der Waals surface area contributed by atoms with E-state index in [2.05, 4.69) is 15.2 Å². The van der Waals surface area contributed by atoms with Crippen molar-refractivity contribution in [3.8, 4) is 0 Å².